The number of carbonyl (C=O) groups is 2. The Balaban J connectivity index is 2.18. The van der Waals surface area contributed by atoms with Crippen LogP contribution in [0.25, 0.3) is 6.08 Å². The minimum absolute atomic E-state index is 0.0874. The van der Waals surface area contributed by atoms with Crippen LogP contribution >= 0.6 is 11.3 Å². The van der Waals surface area contributed by atoms with E-state index in [0.717, 1.165) is 5.69 Å². The molecule has 0 aliphatic heterocycles. The lowest BCUT2D eigenvalue weighted by molar-refractivity contribution is -0.117. The molecule has 2 amide bonds. The van der Waals surface area contributed by atoms with E-state index in [1.165, 1.54) is 24.3 Å². The average Bonchev–Trinajstić information content (AvgIpc) is 2.94. The van der Waals surface area contributed by atoms with Crippen LogP contribution in [0.2, 0.25) is 0 Å². The molecule has 0 radical (unpaired) electrons. The van der Waals surface area contributed by atoms with Crippen molar-refractivity contribution >= 4 is 40.0 Å². The molecule has 1 aromatic heterocycles. The molecule has 0 aliphatic carbocycles. The van der Waals surface area contributed by atoms with Crippen molar-refractivity contribution in [3.8, 4) is 0 Å². The Bertz CT molecular complexity index is 708. The second kappa shape index (κ2) is 7.69. The quantitative estimate of drug-likeness (QED) is 0.856. The van der Waals surface area contributed by atoms with Crippen LogP contribution in [0.1, 0.15) is 26.5 Å². The molecule has 1 heterocycles. The van der Waals surface area contributed by atoms with Crippen LogP contribution in [0.3, 0.4) is 0 Å². The van der Waals surface area contributed by atoms with Crippen LogP contribution in [0.15, 0.2) is 41.8 Å². The minimum Gasteiger partial charge on any atom is -0.350 e. The number of aromatic nitrogens is 1. The van der Waals surface area contributed by atoms with E-state index in [1.54, 1.807) is 11.0 Å². The van der Waals surface area contributed by atoms with E-state index in [1.807, 2.05) is 49.6 Å². The fourth-order valence-electron chi connectivity index (χ4n) is 1.95. The number of amides is 2. The normalized spacial score (nSPS) is 11.0. The van der Waals surface area contributed by atoms with Crippen molar-refractivity contribution in [2.24, 2.45) is 0 Å². The molecule has 23 heavy (non-hydrogen) atoms. The van der Waals surface area contributed by atoms with Crippen LogP contribution in [0.5, 0.6) is 0 Å². The summed E-state index contributed by atoms with van der Waals surface area (Å²) >= 11 is 1.36. The summed E-state index contributed by atoms with van der Waals surface area (Å²) in [6.45, 7) is 5.30. The van der Waals surface area contributed by atoms with Gasteiger partial charge in [-0.2, -0.15) is 0 Å². The van der Waals surface area contributed by atoms with Crippen LogP contribution < -0.4 is 10.2 Å². The topological polar surface area (TPSA) is 62.3 Å². The summed E-state index contributed by atoms with van der Waals surface area (Å²) in [5, 5.41) is 5.16. The number of hydrogen-bond donors (Lipinski definition) is 1. The molecular formula is C17H19N3O2S. The van der Waals surface area contributed by atoms with Gasteiger partial charge in [-0.05, 0) is 32.1 Å². The van der Waals surface area contributed by atoms with Crippen LogP contribution in [-0.2, 0) is 9.59 Å². The molecule has 0 fully saturated rings. The fraction of sp³-hybridized carbons (Fsp3) is 0.235. The number of nitrogens with zero attached hydrogens (tertiary/aromatic N) is 2. The first-order valence-corrected chi connectivity index (χ1v) is 8.15. The van der Waals surface area contributed by atoms with Gasteiger partial charge in [-0.1, -0.05) is 18.2 Å². The molecule has 0 saturated carbocycles. The van der Waals surface area contributed by atoms with Crippen molar-refractivity contribution in [2.75, 3.05) is 4.90 Å². The number of anilines is 2. The number of hydrogen-bond acceptors (Lipinski definition) is 4. The largest absolute Gasteiger partial charge is 0.350 e. The third-order valence-corrected chi connectivity index (χ3v) is 3.71. The van der Waals surface area contributed by atoms with Gasteiger partial charge in [0.15, 0.2) is 5.13 Å². The maximum Gasteiger partial charge on any atom is 0.244 e. The molecule has 0 aliphatic rings. The fourth-order valence-corrected chi connectivity index (χ4v) is 2.81. The van der Waals surface area contributed by atoms with Gasteiger partial charge in [0.1, 0.15) is 0 Å². The van der Waals surface area contributed by atoms with E-state index in [9.17, 15) is 9.59 Å². The van der Waals surface area contributed by atoms with Crippen molar-refractivity contribution in [3.05, 3.63) is 47.5 Å². The van der Waals surface area contributed by atoms with Crippen molar-refractivity contribution in [3.63, 3.8) is 0 Å². The predicted molar refractivity (Wildman–Crippen MR) is 93.7 cm³/mol. The van der Waals surface area contributed by atoms with Crippen LogP contribution in [0, 0.1) is 0 Å². The van der Waals surface area contributed by atoms with Gasteiger partial charge in [-0.3, -0.25) is 14.5 Å². The first-order chi connectivity index (χ1) is 11.0. The Morgan fingerprint density at radius 2 is 1.96 bits per heavy atom. The van der Waals surface area contributed by atoms with Gasteiger partial charge in [-0.15, -0.1) is 11.3 Å². The summed E-state index contributed by atoms with van der Waals surface area (Å²) in [5.74, 6) is -0.278. The Morgan fingerprint density at radius 1 is 1.26 bits per heavy atom. The molecule has 120 valence electrons. The molecule has 6 heteroatoms. The number of benzene rings is 1. The molecule has 0 bridgehead atoms. The number of para-hydroxylation sites is 1. The molecule has 2 aromatic rings. The predicted octanol–water partition coefficient (Wildman–Crippen LogP) is 3.37. The lowest BCUT2D eigenvalue weighted by atomic mass is 10.3. The van der Waals surface area contributed by atoms with Gasteiger partial charge in [0, 0.05) is 24.4 Å². The maximum absolute atomic E-state index is 12.0. The average molecular weight is 329 g/mol. The molecule has 0 saturated heterocycles. The Morgan fingerprint density at radius 3 is 2.57 bits per heavy atom. The third kappa shape index (κ3) is 4.75. The lowest BCUT2D eigenvalue weighted by Gasteiger charge is -2.17. The summed E-state index contributed by atoms with van der Waals surface area (Å²) < 4.78 is 0. The standard InChI is InChI=1S/C17H19N3O2S/c1-12(2)18-16(22)10-9-14-11-23-17(19-14)20(13(3)21)15-7-5-4-6-8-15/h4-12H,1-3H3,(H,18,22)/b10-9+. The van der Waals surface area contributed by atoms with Gasteiger partial charge in [-0.25, -0.2) is 4.98 Å². The smallest absolute Gasteiger partial charge is 0.244 e. The molecule has 2 rings (SSSR count). The first-order valence-electron chi connectivity index (χ1n) is 7.27. The zero-order valence-corrected chi connectivity index (χ0v) is 14.1. The van der Waals surface area contributed by atoms with E-state index in [-0.39, 0.29) is 17.9 Å². The van der Waals surface area contributed by atoms with Gasteiger partial charge in [0.2, 0.25) is 11.8 Å². The van der Waals surface area contributed by atoms with Crippen LogP contribution in [0.4, 0.5) is 10.8 Å². The zero-order chi connectivity index (χ0) is 16.8. The highest BCUT2D eigenvalue weighted by atomic mass is 32.1. The molecule has 1 aromatic carbocycles. The third-order valence-electron chi connectivity index (χ3n) is 2.87. The van der Waals surface area contributed by atoms with Crippen LogP contribution in [-0.4, -0.2) is 22.8 Å². The lowest BCUT2D eigenvalue weighted by Crippen LogP contribution is -2.28. The Labute approximate surface area is 139 Å². The SMILES string of the molecule is CC(=O)N(c1ccccc1)c1nc(/C=C/C(=O)NC(C)C)cs1. The van der Waals surface area contributed by atoms with E-state index in [2.05, 4.69) is 10.3 Å². The van der Waals surface area contributed by atoms with Crippen molar-refractivity contribution in [1.29, 1.82) is 0 Å². The molecule has 0 atom stereocenters. The number of carbonyl (C=O) groups excluding carboxylic acids is 2. The zero-order valence-electron chi connectivity index (χ0n) is 13.3. The number of rotatable bonds is 5. The first kappa shape index (κ1) is 16.9. The molecule has 1 N–H and O–H groups in total. The highest BCUT2D eigenvalue weighted by Crippen LogP contribution is 2.28. The monoisotopic (exact) mass is 329 g/mol. The Kier molecular flexibility index (Phi) is 5.65. The van der Waals surface area contributed by atoms with Crippen molar-refractivity contribution < 1.29 is 9.59 Å². The van der Waals surface area contributed by atoms with E-state index >= 15 is 0 Å². The highest BCUT2D eigenvalue weighted by Gasteiger charge is 2.17. The Hall–Kier alpha value is -2.47. The second-order valence-corrected chi connectivity index (χ2v) is 6.08. The number of thiazole rings is 1. The van der Waals surface area contributed by atoms with Crippen molar-refractivity contribution in [2.45, 2.75) is 26.8 Å². The second-order valence-electron chi connectivity index (χ2n) is 5.24. The van der Waals surface area contributed by atoms with Gasteiger partial charge < -0.3 is 5.32 Å². The summed E-state index contributed by atoms with van der Waals surface area (Å²) in [6.07, 6.45) is 3.08. The molecule has 0 spiro atoms. The summed E-state index contributed by atoms with van der Waals surface area (Å²) in [6, 6.07) is 9.43. The van der Waals surface area contributed by atoms with Gasteiger partial charge in [0.05, 0.1) is 11.4 Å². The highest BCUT2D eigenvalue weighted by molar-refractivity contribution is 7.14. The number of nitrogens with one attached hydrogen (secondary N) is 1. The maximum atomic E-state index is 12.0. The van der Waals surface area contributed by atoms with E-state index in [0.29, 0.717) is 10.8 Å². The van der Waals surface area contributed by atoms with Gasteiger partial charge >= 0.3 is 0 Å². The van der Waals surface area contributed by atoms with Crippen molar-refractivity contribution in [1.82, 2.24) is 10.3 Å². The van der Waals surface area contributed by atoms with Gasteiger partial charge in [0.25, 0.3) is 0 Å². The minimum atomic E-state index is -0.166. The summed E-state index contributed by atoms with van der Waals surface area (Å²) in [7, 11) is 0. The molecule has 5 nitrogen and oxygen atoms in total. The van der Waals surface area contributed by atoms with E-state index in [4.69, 9.17) is 0 Å². The van der Waals surface area contributed by atoms with E-state index < -0.39 is 0 Å². The summed E-state index contributed by atoms with van der Waals surface area (Å²) in [4.78, 5) is 29.5. The molecule has 0 unspecified atom stereocenters. The summed E-state index contributed by atoms with van der Waals surface area (Å²) in [5.41, 5.74) is 1.41. The molecular weight excluding hydrogens is 310 g/mol.